The van der Waals surface area contributed by atoms with Crippen molar-refractivity contribution in [1.29, 1.82) is 0 Å². The average Bonchev–Trinajstić information content (AvgIpc) is 2.55. The number of ether oxygens (including phenoxy) is 2. The quantitative estimate of drug-likeness (QED) is 0.733. The van der Waals surface area contributed by atoms with Gasteiger partial charge in [0, 0.05) is 6.20 Å². The Morgan fingerprint density at radius 3 is 2.52 bits per heavy atom. The topological polar surface area (TPSA) is 57.5 Å². The molecule has 1 aliphatic carbocycles. The van der Waals surface area contributed by atoms with E-state index in [4.69, 9.17) is 9.47 Å². The molecule has 0 aliphatic heterocycles. The van der Waals surface area contributed by atoms with Gasteiger partial charge in [-0.05, 0) is 55.6 Å². The van der Waals surface area contributed by atoms with Crippen molar-refractivity contribution < 1.29 is 14.3 Å². The highest BCUT2D eigenvalue weighted by atomic mass is 16.5. The Hall–Kier alpha value is -1.78. The predicted octanol–water partition coefficient (Wildman–Crippen LogP) is 3.79. The molecule has 0 saturated heterocycles. The molecule has 1 fully saturated rings. The summed E-state index contributed by atoms with van der Waals surface area (Å²) >= 11 is 0. The molecule has 0 spiro atoms. The third-order valence-corrected chi connectivity index (χ3v) is 4.94. The van der Waals surface area contributed by atoms with Crippen molar-refractivity contribution in [2.24, 2.45) is 11.3 Å². The Morgan fingerprint density at radius 1 is 1.24 bits per heavy atom. The fourth-order valence-corrected chi connectivity index (χ4v) is 3.37. The molecule has 1 aliphatic rings. The van der Waals surface area contributed by atoms with E-state index in [1.807, 2.05) is 6.92 Å². The minimum atomic E-state index is -0.353. The minimum Gasteiger partial charge on any atom is -0.488 e. The number of carbonyl (C=O) groups is 1. The molecule has 0 N–H and O–H groups in total. The minimum absolute atomic E-state index is 0.0265. The highest BCUT2D eigenvalue weighted by Gasteiger charge is 2.31. The highest BCUT2D eigenvalue weighted by Crippen LogP contribution is 2.38. The van der Waals surface area contributed by atoms with Gasteiger partial charge in [-0.3, -0.25) is 9.59 Å². The van der Waals surface area contributed by atoms with Gasteiger partial charge in [0.1, 0.15) is 12.6 Å². The molecule has 0 amide bonds. The van der Waals surface area contributed by atoms with E-state index in [1.54, 1.807) is 18.3 Å². The first-order valence-electron chi connectivity index (χ1n) is 9.33. The number of pyridine rings is 1. The maximum absolute atomic E-state index is 12.3. The zero-order valence-corrected chi connectivity index (χ0v) is 15.9. The van der Waals surface area contributed by atoms with Crippen molar-refractivity contribution in [3.63, 3.8) is 0 Å². The van der Waals surface area contributed by atoms with Crippen LogP contribution in [0.2, 0.25) is 0 Å². The van der Waals surface area contributed by atoms with E-state index in [-0.39, 0.29) is 29.9 Å². The first-order chi connectivity index (χ1) is 11.8. The second-order valence-corrected chi connectivity index (χ2v) is 7.98. The summed E-state index contributed by atoms with van der Waals surface area (Å²) in [7, 11) is 0. The molecular formula is C20H31NO4. The van der Waals surface area contributed by atoms with Crippen LogP contribution in [-0.2, 0) is 16.1 Å². The monoisotopic (exact) mass is 349 g/mol. The first kappa shape index (κ1) is 19.5. The number of rotatable bonds is 6. The third-order valence-electron chi connectivity index (χ3n) is 4.94. The van der Waals surface area contributed by atoms with Crippen LogP contribution >= 0.6 is 0 Å². The number of aromatic nitrogens is 1. The molecule has 1 aromatic heterocycles. The number of esters is 1. The van der Waals surface area contributed by atoms with E-state index >= 15 is 0 Å². The van der Waals surface area contributed by atoms with Crippen LogP contribution in [0.4, 0.5) is 0 Å². The van der Waals surface area contributed by atoms with Gasteiger partial charge in [-0.2, -0.15) is 0 Å². The molecule has 5 nitrogen and oxygen atoms in total. The van der Waals surface area contributed by atoms with E-state index in [1.165, 1.54) is 4.57 Å². The molecule has 1 saturated carbocycles. The molecule has 1 aromatic rings. The standard InChI is InChI=1S/C20H31NO4/c1-5-13-24-17-7-6-12-21(19(17)23)14-18(22)25-16-10-8-15(9-11-16)20(2,3)4/h6-7,12,15-16H,5,8-11,13-14H2,1-4H3. The van der Waals surface area contributed by atoms with Crippen molar-refractivity contribution in [2.45, 2.75) is 72.4 Å². The summed E-state index contributed by atoms with van der Waals surface area (Å²) in [5, 5.41) is 0. The lowest BCUT2D eigenvalue weighted by Gasteiger charge is -2.36. The average molecular weight is 349 g/mol. The summed E-state index contributed by atoms with van der Waals surface area (Å²) in [5.41, 5.74) is 0.0191. The van der Waals surface area contributed by atoms with Crippen LogP contribution in [0.15, 0.2) is 23.1 Å². The van der Waals surface area contributed by atoms with Crippen molar-refractivity contribution in [3.05, 3.63) is 28.7 Å². The van der Waals surface area contributed by atoms with Gasteiger partial charge >= 0.3 is 5.97 Å². The van der Waals surface area contributed by atoms with Crippen molar-refractivity contribution in [3.8, 4) is 5.75 Å². The van der Waals surface area contributed by atoms with Crippen molar-refractivity contribution in [1.82, 2.24) is 4.57 Å². The van der Waals surface area contributed by atoms with E-state index in [9.17, 15) is 9.59 Å². The largest absolute Gasteiger partial charge is 0.488 e. The summed E-state index contributed by atoms with van der Waals surface area (Å²) in [6.07, 6.45) is 6.38. The van der Waals surface area contributed by atoms with E-state index in [0.717, 1.165) is 32.1 Å². The summed E-state index contributed by atoms with van der Waals surface area (Å²) in [6, 6.07) is 3.35. The Balaban J connectivity index is 1.88. The number of nitrogens with zero attached hydrogens (tertiary/aromatic N) is 1. The van der Waals surface area contributed by atoms with Crippen LogP contribution in [0.1, 0.15) is 59.8 Å². The Kier molecular flexibility index (Phi) is 6.68. The SMILES string of the molecule is CCCOc1cccn(CC(=O)OC2CCC(C(C)(C)C)CC2)c1=O. The van der Waals surface area contributed by atoms with E-state index in [2.05, 4.69) is 20.8 Å². The fraction of sp³-hybridized carbons (Fsp3) is 0.700. The molecule has 1 heterocycles. The summed E-state index contributed by atoms with van der Waals surface area (Å²) in [4.78, 5) is 24.5. The van der Waals surface area contributed by atoms with Crippen LogP contribution in [0.25, 0.3) is 0 Å². The highest BCUT2D eigenvalue weighted by molar-refractivity contribution is 5.69. The van der Waals surface area contributed by atoms with Crippen molar-refractivity contribution in [2.75, 3.05) is 6.61 Å². The first-order valence-corrected chi connectivity index (χ1v) is 9.33. The summed E-state index contributed by atoms with van der Waals surface area (Å²) < 4.78 is 12.4. The smallest absolute Gasteiger partial charge is 0.326 e. The fourth-order valence-electron chi connectivity index (χ4n) is 3.37. The number of hydrogen-bond acceptors (Lipinski definition) is 4. The van der Waals surface area contributed by atoms with Gasteiger partial charge < -0.3 is 14.0 Å². The second-order valence-electron chi connectivity index (χ2n) is 7.98. The molecule has 0 atom stereocenters. The molecule has 0 aromatic carbocycles. The molecule has 25 heavy (non-hydrogen) atoms. The molecule has 140 valence electrons. The lowest BCUT2D eigenvalue weighted by Crippen LogP contribution is -2.32. The molecule has 0 radical (unpaired) electrons. The normalized spacial score (nSPS) is 21.0. The zero-order chi connectivity index (χ0) is 18.4. The van der Waals surface area contributed by atoms with Gasteiger partial charge in [-0.15, -0.1) is 0 Å². The van der Waals surface area contributed by atoms with Gasteiger partial charge in [0.15, 0.2) is 5.75 Å². The van der Waals surface area contributed by atoms with Crippen LogP contribution in [0.5, 0.6) is 5.75 Å². The Morgan fingerprint density at radius 2 is 1.92 bits per heavy atom. The number of hydrogen-bond donors (Lipinski definition) is 0. The maximum atomic E-state index is 12.3. The molecule has 0 bridgehead atoms. The van der Waals surface area contributed by atoms with Gasteiger partial charge in [0.05, 0.1) is 6.61 Å². The maximum Gasteiger partial charge on any atom is 0.326 e. The summed E-state index contributed by atoms with van der Waals surface area (Å²) in [6.45, 7) is 9.20. The van der Waals surface area contributed by atoms with Gasteiger partial charge in [0.2, 0.25) is 0 Å². The predicted molar refractivity (Wildman–Crippen MR) is 97.8 cm³/mol. The zero-order valence-electron chi connectivity index (χ0n) is 15.9. The van der Waals surface area contributed by atoms with E-state index < -0.39 is 0 Å². The lowest BCUT2D eigenvalue weighted by molar-refractivity contribution is -0.152. The molecule has 5 heteroatoms. The van der Waals surface area contributed by atoms with Crippen LogP contribution in [0, 0.1) is 11.3 Å². The molecule has 0 unspecified atom stereocenters. The third kappa shape index (κ3) is 5.62. The van der Waals surface area contributed by atoms with Gasteiger partial charge in [-0.25, -0.2) is 0 Å². The summed E-state index contributed by atoms with van der Waals surface area (Å²) in [5.74, 6) is 0.606. The van der Waals surface area contributed by atoms with Gasteiger partial charge in [0.25, 0.3) is 5.56 Å². The molecular weight excluding hydrogens is 318 g/mol. The van der Waals surface area contributed by atoms with Crippen LogP contribution < -0.4 is 10.3 Å². The van der Waals surface area contributed by atoms with Crippen LogP contribution in [-0.4, -0.2) is 23.2 Å². The van der Waals surface area contributed by atoms with Gasteiger partial charge in [-0.1, -0.05) is 27.7 Å². The van der Waals surface area contributed by atoms with Crippen LogP contribution in [0.3, 0.4) is 0 Å². The second kappa shape index (κ2) is 8.54. The van der Waals surface area contributed by atoms with Crippen molar-refractivity contribution >= 4 is 5.97 Å². The Bertz CT molecular complexity index is 621. The number of carbonyl (C=O) groups excluding carboxylic acids is 1. The Labute approximate surface area is 150 Å². The molecule has 2 rings (SSSR count). The lowest BCUT2D eigenvalue weighted by atomic mass is 9.72. The van der Waals surface area contributed by atoms with E-state index in [0.29, 0.717) is 17.9 Å².